The van der Waals surface area contributed by atoms with Crippen LogP contribution in [0.15, 0.2) is 78.9 Å². The number of benzene rings is 3. The van der Waals surface area contributed by atoms with Crippen LogP contribution in [0.25, 0.3) is 16.9 Å². The Kier molecular flexibility index (Phi) is 6.84. The van der Waals surface area contributed by atoms with Crippen molar-refractivity contribution < 1.29 is 29.4 Å². The summed E-state index contributed by atoms with van der Waals surface area (Å²) in [5.74, 6) is -0.660. The molecule has 8 nitrogen and oxygen atoms in total. The molecule has 0 aliphatic carbocycles. The fourth-order valence-corrected chi connectivity index (χ4v) is 3.86. The van der Waals surface area contributed by atoms with Gasteiger partial charge in [0, 0.05) is 11.3 Å². The van der Waals surface area contributed by atoms with E-state index in [9.17, 15) is 19.9 Å². The fraction of sp³-hybridized carbons (Fsp3) is 0.111. The van der Waals surface area contributed by atoms with Gasteiger partial charge in [-0.15, -0.1) is 0 Å². The van der Waals surface area contributed by atoms with Crippen LogP contribution in [0.1, 0.15) is 33.2 Å². The summed E-state index contributed by atoms with van der Waals surface area (Å²) in [6.45, 7) is 1.97. The van der Waals surface area contributed by atoms with E-state index >= 15 is 0 Å². The Morgan fingerprint density at radius 1 is 0.914 bits per heavy atom. The van der Waals surface area contributed by atoms with E-state index in [-0.39, 0.29) is 23.7 Å². The summed E-state index contributed by atoms with van der Waals surface area (Å²) in [7, 11) is 1.53. The third-order valence-corrected chi connectivity index (χ3v) is 5.52. The molecule has 0 unspecified atom stereocenters. The first-order valence-corrected chi connectivity index (χ1v) is 10.9. The molecule has 0 saturated heterocycles. The van der Waals surface area contributed by atoms with Crippen molar-refractivity contribution in [1.29, 1.82) is 0 Å². The molecular weight excluding hydrogens is 448 g/mol. The molecule has 1 heterocycles. The van der Waals surface area contributed by atoms with Crippen molar-refractivity contribution in [1.82, 2.24) is 4.57 Å². The van der Waals surface area contributed by atoms with Crippen molar-refractivity contribution in [2.75, 3.05) is 19.2 Å². The zero-order chi connectivity index (χ0) is 24.9. The number of aromatic hydroxyl groups is 1. The zero-order valence-corrected chi connectivity index (χ0v) is 19.2. The average molecular weight is 472 g/mol. The molecule has 0 saturated carbocycles. The fourth-order valence-electron chi connectivity index (χ4n) is 3.86. The molecule has 0 amide bonds. The summed E-state index contributed by atoms with van der Waals surface area (Å²) in [6.07, 6.45) is 0. The van der Waals surface area contributed by atoms with Crippen LogP contribution in [0.4, 0.5) is 5.69 Å². The van der Waals surface area contributed by atoms with Crippen molar-refractivity contribution in [2.24, 2.45) is 0 Å². The minimum Gasteiger partial charge on any atom is -0.497 e. The van der Waals surface area contributed by atoms with Crippen LogP contribution in [0.3, 0.4) is 0 Å². The molecule has 0 bridgehead atoms. The van der Waals surface area contributed by atoms with Crippen molar-refractivity contribution in [3.05, 3.63) is 95.6 Å². The van der Waals surface area contributed by atoms with Crippen LogP contribution in [0, 0.1) is 0 Å². The van der Waals surface area contributed by atoms with E-state index in [0.717, 1.165) is 0 Å². The Morgan fingerprint density at radius 2 is 1.54 bits per heavy atom. The van der Waals surface area contributed by atoms with Crippen molar-refractivity contribution in [2.45, 2.75) is 6.92 Å². The highest BCUT2D eigenvalue weighted by Gasteiger charge is 2.30. The predicted molar refractivity (Wildman–Crippen MR) is 131 cm³/mol. The molecule has 0 atom stereocenters. The summed E-state index contributed by atoms with van der Waals surface area (Å²) >= 11 is 0. The van der Waals surface area contributed by atoms with Gasteiger partial charge in [0.25, 0.3) is 0 Å². The quantitative estimate of drug-likeness (QED) is 0.187. The smallest absolute Gasteiger partial charge is 0.338 e. The average Bonchev–Trinajstić information content (AvgIpc) is 3.20. The molecule has 1 aromatic heterocycles. The third kappa shape index (κ3) is 4.47. The summed E-state index contributed by atoms with van der Waals surface area (Å²) in [4.78, 5) is 25.7. The molecule has 8 heteroatoms. The summed E-state index contributed by atoms with van der Waals surface area (Å²) in [6, 6.07) is 22.0. The van der Waals surface area contributed by atoms with Crippen molar-refractivity contribution in [3.8, 4) is 28.6 Å². The first-order valence-electron chi connectivity index (χ1n) is 10.9. The Hall–Kier alpha value is -4.56. The molecule has 0 radical (unpaired) electrons. The second-order valence-electron chi connectivity index (χ2n) is 7.56. The number of nitrogens with one attached hydrogen (secondary N) is 1. The summed E-state index contributed by atoms with van der Waals surface area (Å²) < 4.78 is 11.7. The molecule has 178 valence electrons. The highest BCUT2D eigenvalue weighted by Crippen LogP contribution is 2.43. The van der Waals surface area contributed by atoms with Gasteiger partial charge in [0.05, 0.1) is 30.5 Å². The normalized spacial score (nSPS) is 10.6. The van der Waals surface area contributed by atoms with Crippen LogP contribution in [0.5, 0.6) is 11.6 Å². The van der Waals surface area contributed by atoms with Crippen molar-refractivity contribution >= 4 is 17.4 Å². The van der Waals surface area contributed by atoms with Crippen LogP contribution in [-0.4, -0.2) is 40.4 Å². The van der Waals surface area contributed by atoms with Crippen LogP contribution >= 0.6 is 0 Å². The Bertz CT molecular complexity index is 1340. The largest absolute Gasteiger partial charge is 0.497 e. The number of esters is 1. The van der Waals surface area contributed by atoms with E-state index < -0.39 is 11.8 Å². The maximum absolute atomic E-state index is 13.7. The maximum Gasteiger partial charge on any atom is 0.338 e. The van der Waals surface area contributed by atoms with E-state index in [0.29, 0.717) is 33.8 Å². The first kappa shape index (κ1) is 23.6. The van der Waals surface area contributed by atoms with Crippen LogP contribution in [0.2, 0.25) is 0 Å². The van der Waals surface area contributed by atoms with Gasteiger partial charge in [0.2, 0.25) is 5.88 Å². The molecule has 35 heavy (non-hydrogen) atoms. The lowest BCUT2D eigenvalue weighted by atomic mass is 9.98. The number of ether oxygens (including phenoxy) is 2. The number of carbonyl (C=O) groups excluding carboxylic acids is 2. The van der Waals surface area contributed by atoms with Gasteiger partial charge in [-0.1, -0.05) is 30.3 Å². The molecular formula is C27H24N2O6. The minimum atomic E-state index is -0.466. The molecule has 0 aliphatic heterocycles. The Balaban J connectivity index is 1.93. The molecule has 0 aliphatic rings. The van der Waals surface area contributed by atoms with E-state index in [1.165, 1.54) is 11.7 Å². The summed E-state index contributed by atoms with van der Waals surface area (Å²) in [5, 5.41) is 21.1. The number of carbonyl (C=O) groups is 2. The SMILES string of the molecule is CCOC(=O)c1ccc(-n2c(O)c(NO)c(C(=O)c3ccc(OC)cc3)c2-c2ccccc2)cc1. The summed E-state index contributed by atoms with van der Waals surface area (Å²) in [5.41, 5.74) is 4.09. The number of nitrogens with zero attached hydrogens (tertiary/aromatic N) is 1. The van der Waals surface area contributed by atoms with Gasteiger partial charge in [0.1, 0.15) is 11.4 Å². The van der Waals surface area contributed by atoms with Gasteiger partial charge in [-0.05, 0) is 61.0 Å². The number of hydrogen-bond acceptors (Lipinski definition) is 7. The number of rotatable bonds is 8. The second-order valence-corrected chi connectivity index (χ2v) is 7.56. The van der Waals surface area contributed by atoms with Gasteiger partial charge in [-0.2, -0.15) is 0 Å². The number of ketones is 1. The second kappa shape index (κ2) is 10.1. The van der Waals surface area contributed by atoms with Gasteiger partial charge in [-0.3, -0.25) is 20.0 Å². The molecule has 3 aromatic carbocycles. The lowest BCUT2D eigenvalue weighted by Crippen LogP contribution is -2.07. The third-order valence-electron chi connectivity index (χ3n) is 5.52. The van der Waals surface area contributed by atoms with E-state index in [4.69, 9.17) is 9.47 Å². The van der Waals surface area contributed by atoms with E-state index in [1.807, 2.05) is 11.5 Å². The van der Waals surface area contributed by atoms with E-state index in [2.05, 4.69) is 0 Å². The highest BCUT2D eigenvalue weighted by molar-refractivity contribution is 6.17. The number of anilines is 1. The van der Waals surface area contributed by atoms with Gasteiger partial charge < -0.3 is 14.6 Å². The number of methoxy groups -OCH3 is 1. The van der Waals surface area contributed by atoms with Crippen LogP contribution in [-0.2, 0) is 4.74 Å². The highest BCUT2D eigenvalue weighted by atomic mass is 16.5. The molecule has 4 rings (SSSR count). The Morgan fingerprint density at radius 3 is 2.11 bits per heavy atom. The van der Waals surface area contributed by atoms with E-state index in [1.54, 1.807) is 79.7 Å². The number of aromatic nitrogens is 1. The minimum absolute atomic E-state index is 0.0795. The monoisotopic (exact) mass is 472 g/mol. The van der Waals surface area contributed by atoms with Gasteiger partial charge in [0.15, 0.2) is 5.78 Å². The zero-order valence-electron chi connectivity index (χ0n) is 19.2. The first-order chi connectivity index (χ1) is 17.0. The number of hydrogen-bond donors (Lipinski definition) is 3. The van der Waals surface area contributed by atoms with Crippen molar-refractivity contribution in [3.63, 3.8) is 0 Å². The lowest BCUT2D eigenvalue weighted by Gasteiger charge is -2.13. The van der Waals surface area contributed by atoms with Gasteiger partial charge in [-0.25, -0.2) is 4.79 Å². The lowest BCUT2D eigenvalue weighted by molar-refractivity contribution is 0.0526. The molecule has 4 aromatic rings. The molecule has 3 N–H and O–H groups in total. The Labute approximate surface area is 201 Å². The topological polar surface area (TPSA) is 110 Å². The maximum atomic E-state index is 13.7. The molecule has 0 fully saturated rings. The molecule has 0 spiro atoms. The standard InChI is InChI=1S/C27H24N2O6/c1-3-35-27(32)19-9-13-20(14-10-19)29-24(17-7-5-4-6-8-17)22(23(28-33)26(29)31)25(30)18-11-15-21(34-2)16-12-18/h4-16,28,31,33H,3H2,1-2H3. The van der Waals surface area contributed by atoms with Gasteiger partial charge >= 0.3 is 5.97 Å². The predicted octanol–water partition coefficient (Wildman–Crippen LogP) is 5.07. The van der Waals surface area contributed by atoms with Crippen LogP contribution < -0.4 is 10.2 Å².